The van der Waals surface area contributed by atoms with Crippen molar-refractivity contribution in [3.8, 4) is 28.0 Å². The second kappa shape index (κ2) is 12.1. The number of anilines is 1. The molecule has 0 bridgehead atoms. The molecule has 0 amide bonds. The lowest BCUT2D eigenvalue weighted by molar-refractivity contribution is 0.0396. The van der Waals surface area contributed by atoms with Crippen LogP contribution in [0.3, 0.4) is 0 Å². The third-order valence-electron chi connectivity index (χ3n) is 6.80. The fourth-order valence-electron chi connectivity index (χ4n) is 4.64. The number of rotatable bonds is 8. The number of thiazole rings is 1. The molecule has 1 saturated heterocycles. The van der Waals surface area contributed by atoms with Crippen LogP contribution in [0, 0.1) is 17.8 Å². The predicted octanol–water partition coefficient (Wildman–Crippen LogP) is 5.98. The van der Waals surface area contributed by atoms with Gasteiger partial charge in [-0.15, -0.1) is 11.3 Å². The maximum atomic E-state index is 6.16. The van der Waals surface area contributed by atoms with Gasteiger partial charge in [0.05, 0.1) is 9.88 Å². The van der Waals surface area contributed by atoms with Crippen molar-refractivity contribution in [1.82, 2.24) is 14.9 Å². The van der Waals surface area contributed by atoms with E-state index in [0.29, 0.717) is 30.0 Å². The van der Waals surface area contributed by atoms with E-state index in [2.05, 4.69) is 42.6 Å². The number of hydrogen-bond donors (Lipinski definition) is 1. The zero-order valence-electron chi connectivity index (χ0n) is 22.6. The Labute approximate surface area is 225 Å². The van der Waals surface area contributed by atoms with Crippen LogP contribution in [0.1, 0.15) is 62.1 Å². The van der Waals surface area contributed by atoms with E-state index in [-0.39, 0.29) is 0 Å². The lowest BCUT2D eigenvalue weighted by Gasteiger charge is -2.27. The molecular formula is C30H38N4O2S. The van der Waals surface area contributed by atoms with Gasteiger partial charge >= 0.3 is 0 Å². The number of nitrogens with two attached hydrogens (primary N) is 1. The quantitative estimate of drug-likeness (QED) is 0.370. The molecule has 1 aliphatic rings. The van der Waals surface area contributed by atoms with Gasteiger partial charge in [0.15, 0.2) is 11.6 Å². The molecule has 2 aromatic heterocycles. The van der Waals surface area contributed by atoms with Gasteiger partial charge in [-0.2, -0.15) is 0 Å². The molecule has 0 radical (unpaired) electrons. The molecule has 37 heavy (non-hydrogen) atoms. The zero-order chi connectivity index (χ0) is 26.4. The molecule has 0 saturated carbocycles. The van der Waals surface area contributed by atoms with E-state index < -0.39 is 5.60 Å². The first-order valence-corrected chi connectivity index (χ1v) is 13.8. The molecule has 1 aliphatic heterocycles. The minimum absolute atomic E-state index is 0.377. The highest BCUT2D eigenvalue weighted by Gasteiger charge is 2.23. The minimum atomic E-state index is -0.467. The number of likely N-dealkylation sites (tertiary alicyclic amines) is 1. The van der Waals surface area contributed by atoms with Crippen LogP contribution in [0.25, 0.3) is 10.4 Å². The fraction of sp³-hybridized carbons (Fsp3) is 0.467. The van der Waals surface area contributed by atoms with Gasteiger partial charge in [-0.3, -0.25) is 0 Å². The van der Waals surface area contributed by atoms with Crippen molar-refractivity contribution in [3.63, 3.8) is 0 Å². The number of pyridine rings is 1. The van der Waals surface area contributed by atoms with E-state index in [4.69, 9.17) is 20.2 Å². The van der Waals surface area contributed by atoms with Gasteiger partial charge in [-0.05, 0) is 76.0 Å². The summed E-state index contributed by atoms with van der Waals surface area (Å²) in [5, 5.41) is 1.21. The van der Waals surface area contributed by atoms with Crippen LogP contribution in [-0.2, 0) is 11.3 Å². The monoisotopic (exact) mass is 518 g/mol. The Morgan fingerprint density at radius 1 is 1.19 bits per heavy atom. The van der Waals surface area contributed by atoms with E-state index in [1.54, 1.807) is 24.6 Å². The van der Waals surface area contributed by atoms with Gasteiger partial charge in [-0.25, -0.2) is 9.97 Å². The third kappa shape index (κ3) is 7.32. The van der Waals surface area contributed by atoms with Gasteiger partial charge in [0.25, 0.3) is 0 Å². The molecule has 196 valence electrons. The van der Waals surface area contributed by atoms with E-state index in [0.717, 1.165) is 53.9 Å². The topological polar surface area (TPSA) is 73.5 Å². The Balaban J connectivity index is 1.44. The molecule has 2 N–H and O–H groups in total. The van der Waals surface area contributed by atoms with Gasteiger partial charge in [0, 0.05) is 36.5 Å². The zero-order valence-corrected chi connectivity index (χ0v) is 23.4. The van der Waals surface area contributed by atoms with Crippen LogP contribution in [0.15, 0.2) is 42.7 Å². The van der Waals surface area contributed by atoms with Crippen molar-refractivity contribution >= 4 is 17.2 Å². The van der Waals surface area contributed by atoms with Crippen molar-refractivity contribution in [1.29, 1.82) is 0 Å². The molecule has 0 aliphatic carbocycles. The normalized spacial score (nSPS) is 16.3. The smallest absolute Gasteiger partial charge is 0.166 e. The fourth-order valence-corrected chi connectivity index (χ4v) is 5.71. The highest BCUT2D eigenvalue weighted by Crippen LogP contribution is 2.36. The highest BCUT2D eigenvalue weighted by molar-refractivity contribution is 7.15. The molecule has 0 spiro atoms. The minimum Gasteiger partial charge on any atom is -0.485 e. The van der Waals surface area contributed by atoms with Crippen LogP contribution >= 0.6 is 11.3 Å². The molecule has 1 unspecified atom stereocenters. The van der Waals surface area contributed by atoms with Gasteiger partial charge in [0.2, 0.25) is 0 Å². The van der Waals surface area contributed by atoms with E-state index in [9.17, 15) is 0 Å². The van der Waals surface area contributed by atoms with Gasteiger partial charge < -0.3 is 20.1 Å². The van der Waals surface area contributed by atoms with Crippen molar-refractivity contribution in [2.45, 2.75) is 58.2 Å². The number of piperidine rings is 1. The van der Waals surface area contributed by atoms with Gasteiger partial charge in [0.1, 0.15) is 12.2 Å². The summed E-state index contributed by atoms with van der Waals surface area (Å²) in [6, 6.07) is 10.0. The lowest BCUT2D eigenvalue weighted by atomic mass is 9.94. The number of ether oxygens (including phenoxy) is 2. The standard InChI is InChI=1S/C30H38N4O2S/c1-21(2)17-30(3,35-5)12-9-22-7-6-8-23(15-22)20-36-26-16-25(18-32-28(26)31)27-19-33-29(37-27)24-10-13-34(4)14-11-24/h6-8,15-16,18-19,21,24H,10-11,13-14,17,20H2,1-5H3,(H2,31,32). The number of hydrogen-bond acceptors (Lipinski definition) is 7. The first kappa shape index (κ1) is 27.1. The first-order chi connectivity index (χ1) is 17.7. The Morgan fingerprint density at radius 2 is 1.97 bits per heavy atom. The van der Waals surface area contributed by atoms with Crippen molar-refractivity contribution < 1.29 is 9.47 Å². The van der Waals surface area contributed by atoms with Crippen LogP contribution in [0.2, 0.25) is 0 Å². The molecule has 6 nitrogen and oxygen atoms in total. The average Bonchev–Trinajstić information content (AvgIpc) is 3.38. The molecule has 4 rings (SSSR count). The number of aromatic nitrogens is 2. The predicted molar refractivity (Wildman–Crippen MR) is 152 cm³/mol. The summed E-state index contributed by atoms with van der Waals surface area (Å²) in [4.78, 5) is 12.6. The Hall–Kier alpha value is -2.92. The average molecular weight is 519 g/mol. The van der Waals surface area contributed by atoms with Gasteiger partial charge in [-0.1, -0.05) is 37.8 Å². The maximum absolute atomic E-state index is 6.16. The number of nitrogen functional groups attached to an aromatic ring is 1. The Kier molecular flexibility index (Phi) is 8.86. The second-order valence-corrected chi connectivity index (χ2v) is 11.6. The summed E-state index contributed by atoms with van der Waals surface area (Å²) in [7, 11) is 3.90. The maximum Gasteiger partial charge on any atom is 0.166 e. The summed E-state index contributed by atoms with van der Waals surface area (Å²) >= 11 is 1.75. The molecular weight excluding hydrogens is 480 g/mol. The van der Waals surface area contributed by atoms with Crippen molar-refractivity contribution in [2.75, 3.05) is 33.0 Å². The first-order valence-electron chi connectivity index (χ1n) is 12.9. The van der Waals surface area contributed by atoms with Crippen molar-refractivity contribution in [2.24, 2.45) is 5.92 Å². The summed E-state index contributed by atoms with van der Waals surface area (Å²) < 4.78 is 11.8. The SMILES string of the molecule is COC(C)(C#Cc1cccc(COc2cc(-c3cnc(C4CCN(C)CC4)s3)cnc2N)c1)CC(C)C. The van der Waals surface area contributed by atoms with Crippen LogP contribution < -0.4 is 10.5 Å². The summed E-state index contributed by atoms with van der Waals surface area (Å²) in [5.74, 6) is 8.58. The highest BCUT2D eigenvalue weighted by atomic mass is 32.1. The second-order valence-electron chi connectivity index (χ2n) is 10.5. The number of nitrogens with zero attached hydrogens (tertiary/aromatic N) is 3. The largest absolute Gasteiger partial charge is 0.485 e. The molecule has 1 fully saturated rings. The number of benzene rings is 1. The summed E-state index contributed by atoms with van der Waals surface area (Å²) in [5.41, 5.74) is 8.61. The lowest BCUT2D eigenvalue weighted by Crippen LogP contribution is -2.29. The molecule has 3 aromatic rings. The molecule has 1 aromatic carbocycles. The Morgan fingerprint density at radius 3 is 2.70 bits per heavy atom. The molecule has 3 heterocycles. The van der Waals surface area contributed by atoms with Crippen LogP contribution in [-0.4, -0.2) is 47.7 Å². The van der Waals surface area contributed by atoms with E-state index in [1.807, 2.05) is 43.5 Å². The summed E-state index contributed by atoms with van der Waals surface area (Å²) in [6.45, 7) is 9.01. The van der Waals surface area contributed by atoms with Crippen LogP contribution in [0.5, 0.6) is 5.75 Å². The molecule has 1 atom stereocenters. The Bertz CT molecular complexity index is 1250. The van der Waals surface area contributed by atoms with Crippen LogP contribution in [0.4, 0.5) is 5.82 Å². The van der Waals surface area contributed by atoms with E-state index in [1.165, 1.54) is 5.01 Å². The van der Waals surface area contributed by atoms with E-state index >= 15 is 0 Å². The summed E-state index contributed by atoms with van der Waals surface area (Å²) in [6.07, 6.45) is 6.94. The molecule has 7 heteroatoms. The number of methoxy groups -OCH3 is 1. The third-order valence-corrected chi connectivity index (χ3v) is 8.01. The van der Waals surface area contributed by atoms with Crippen molar-refractivity contribution in [3.05, 3.63) is 58.9 Å².